The van der Waals surface area contributed by atoms with Gasteiger partial charge in [0.15, 0.2) is 0 Å². The molecule has 5 unspecified atom stereocenters. The molecule has 5 atom stereocenters. The summed E-state index contributed by atoms with van der Waals surface area (Å²) < 4.78 is 26.2. The van der Waals surface area contributed by atoms with Gasteiger partial charge in [-0.15, -0.1) is 0 Å². The summed E-state index contributed by atoms with van der Waals surface area (Å²) in [6.45, 7) is 13.4. The van der Waals surface area contributed by atoms with E-state index in [9.17, 15) is 8.78 Å². The molecule has 0 amide bonds. The first-order chi connectivity index (χ1) is 35.6. The van der Waals surface area contributed by atoms with Crippen LogP contribution in [-0.4, -0.2) is 48.4 Å². The van der Waals surface area contributed by atoms with Crippen molar-refractivity contribution in [2.75, 3.05) is 36.8 Å². The standard InChI is InChI=1S/C32H30FN3.C14H13FN2.C13H17N.C6H6/c1-22-16-30(35-27-14-12-26(33)13-15-27)25(18-34)17-28(22)32-21-36(19-23-8-4-2-5-9-23)20-29(32)31(32)24-10-6-3-7-11-24;1-10-2-3-11(9-16)14(8-10)17-13-6-4-12(15)5-7-13;1-10-12-8-14(9-13(10)12)7-11-5-3-2-4-6-11;1-2-4-6-5-3-1/h2-18,29,31,34-35H,19-21H2,1H3;2-9,16-17H,1H3;2-6,10,12-13H,7-9H2,1H3;1-6H. The summed E-state index contributed by atoms with van der Waals surface area (Å²) in [5.74, 6) is 3.59. The first kappa shape index (κ1) is 50.4. The molecule has 6 nitrogen and oxygen atoms in total. The van der Waals surface area contributed by atoms with Crippen LogP contribution in [0.2, 0.25) is 0 Å². The van der Waals surface area contributed by atoms with Gasteiger partial charge in [0.25, 0.3) is 0 Å². The molecule has 0 radical (unpaired) electrons. The average molecular weight is 969 g/mol. The lowest BCUT2D eigenvalue weighted by Crippen LogP contribution is -2.29. The maximum Gasteiger partial charge on any atom is 0.123 e. The predicted molar refractivity (Wildman–Crippen MR) is 298 cm³/mol. The molecule has 2 saturated heterocycles. The van der Waals surface area contributed by atoms with Crippen LogP contribution in [0.4, 0.5) is 31.5 Å². The topological polar surface area (TPSA) is 78.2 Å². The lowest BCUT2D eigenvalue weighted by Gasteiger charge is -2.26. The van der Waals surface area contributed by atoms with Gasteiger partial charge in [-0.3, -0.25) is 9.80 Å². The molecule has 0 aromatic heterocycles. The number of nitrogens with zero attached hydrogens (tertiary/aromatic N) is 2. The number of hydrogen-bond donors (Lipinski definition) is 4. The Morgan fingerprint density at radius 1 is 0.534 bits per heavy atom. The molecular weight excluding hydrogens is 903 g/mol. The van der Waals surface area contributed by atoms with Crippen LogP contribution in [0.15, 0.2) is 206 Å². The molecule has 4 aliphatic rings. The lowest BCUT2D eigenvalue weighted by molar-refractivity contribution is 0.281. The van der Waals surface area contributed by atoms with E-state index in [1.54, 1.807) is 24.3 Å². The molecule has 2 heterocycles. The van der Waals surface area contributed by atoms with Gasteiger partial charge in [-0.2, -0.15) is 0 Å². The van der Waals surface area contributed by atoms with Gasteiger partial charge in [0.1, 0.15) is 11.6 Å². The number of fused-ring (bicyclic) bond motifs is 2. The number of benzene rings is 8. The fraction of sp³-hybridized carbons (Fsp3) is 0.231. The predicted octanol–water partition coefficient (Wildman–Crippen LogP) is 15.0. The normalized spacial score (nSPS) is 21.0. The lowest BCUT2D eigenvalue weighted by atomic mass is 9.85. The van der Waals surface area contributed by atoms with E-state index >= 15 is 0 Å². The molecule has 4 N–H and O–H groups in total. The summed E-state index contributed by atoms with van der Waals surface area (Å²) in [4.78, 5) is 5.19. The van der Waals surface area contributed by atoms with E-state index in [1.165, 1.54) is 77.6 Å². The highest BCUT2D eigenvalue weighted by atomic mass is 19.1. The molecule has 8 aromatic carbocycles. The van der Waals surface area contributed by atoms with Crippen LogP contribution in [0.5, 0.6) is 0 Å². The van der Waals surface area contributed by atoms with Gasteiger partial charge < -0.3 is 21.5 Å². The van der Waals surface area contributed by atoms with Crippen LogP contribution in [0, 0.1) is 60.0 Å². The summed E-state index contributed by atoms with van der Waals surface area (Å²) in [7, 11) is 0. The largest absolute Gasteiger partial charge is 0.355 e. The summed E-state index contributed by atoms with van der Waals surface area (Å²) in [5.41, 5.74) is 13.0. The van der Waals surface area contributed by atoms with Gasteiger partial charge in [0.05, 0.1) is 0 Å². The minimum atomic E-state index is -0.258. The monoisotopic (exact) mass is 969 g/mol. The van der Waals surface area contributed by atoms with Crippen molar-refractivity contribution in [1.29, 1.82) is 10.8 Å². The number of halogens is 2. The molecular formula is C65H66F2N6. The van der Waals surface area contributed by atoms with Gasteiger partial charge in [0, 0.05) is 96.9 Å². The van der Waals surface area contributed by atoms with E-state index in [0.717, 1.165) is 83.4 Å². The smallest absolute Gasteiger partial charge is 0.123 e. The molecule has 4 fully saturated rings. The number of hydrogen-bond acceptors (Lipinski definition) is 6. The highest BCUT2D eigenvalue weighted by molar-refractivity contribution is 5.89. The fourth-order valence-electron chi connectivity index (χ4n) is 11.3. The number of aryl methyl sites for hydroxylation is 2. The van der Waals surface area contributed by atoms with Gasteiger partial charge in [-0.1, -0.05) is 146 Å². The molecule has 73 heavy (non-hydrogen) atoms. The Bertz CT molecular complexity index is 3010. The minimum absolute atomic E-state index is 0.0480. The van der Waals surface area contributed by atoms with Crippen LogP contribution < -0.4 is 10.6 Å². The quantitative estimate of drug-likeness (QED) is 0.0920. The third kappa shape index (κ3) is 12.4. The van der Waals surface area contributed by atoms with Gasteiger partial charge in [0.2, 0.25) is 0 Å². The van der Waals surface area contributed by atoms with E-state index in [4.69, 9.17) is 10.8 Å². The molecule has 2 aliphatic carbocycles. The Morgan fingerprint density at radius 2 is 1.00 bits per heavy atom. The van der Waals surface area contributed by atoms with Crippen LogP contribution in [-0.2, 0) is 18.5 Å². The van der Waals surface area contributed by atoms with Crippen molar-refractivity contribution in [3.8, 4) is 0 Å². The van der Waals surface area contributed by atoms with Crippen LogP contribution in [0.3, 0.4) is 0 Å². The Balaban J connectivity index is 0.000000145. The molecule has 370 valence electrons. The third-order valence-electron chi connectivity index (χ3n) is 15.1. The number of nitrogens with one attached hydrogen (secondary N) is 4. The molecule has 0 bridgehead atoms. The second kappa shape index (κ2) is 23.4. The number of likely N-dealkylation sites (tertiary alicyclic amines) is 2. The van der Waals surface area contributed by atoms with Crippen molar-refractivity contribution in [3.63, 3.8) is 0 Å². The zero-order valence-corrected chi connectivity index (χ0v) is 42.1. The molecule has 0 spiro atoms. The SMILES string of the molecule is CC1C2CN(Cc3ccccc3)CC12.Cc1cc(Nc2ccc(F)cc2)c(C=N)cc1C12CN(Cc3ccccc3)CC1C2c1ccccc1.Cc1ccc(C=N)c(Nc2ccc(F)cc2)c1.c1ccccc1. The van der Waals surface area contributed by atoms with Gasteiger partial charge in [-0.25, -0.2) is 8.78 Å². The maximum atomic E-state index is 13.4. The Morgan fingerprint density at radius 3 is 1.51 bits per heavy atom. The molecule has 12 rings (SSSR count). The fourth-order valence-corrected chi connectivity index (χ4v) is 11.3. The van der Waals surface area contributed by atoms with Crippen molar-refractivity contribution in [2.24, 2.45) is 23.7 Å². The van der Waals surface area contributed by atoms with Crippen molar-refractivity contribution in [3.05, 3.63) is 262 Å². The van der Waals surface area contributed by atoms with Crippen LogP contribution in [0.1, 0.15) is 57.3 Å². The molecule has 8 aromatic rings. The number of piperidine rings is 2. The van der Waals surface area contributed by atoms with E-state index in [0.29, 0.717) is 11.8 Å². The second-order valence-corrected chi connectivity index (χ2v) is 20.1. The Labute approximate surface area is 430 Å². The highest BCUT2D eigenvalue weighted by Crippen LogP contribution is 2.70. The van der Waals surface area contributed by atoms with Crippen LogP contribution >= 0.6 is 0 Å². The minimum Gasteiger partial charge on any atom is -0.355 e. The third-order valence-corrected chi connectivity index (χ3v) is 15.1. The maximum absolute atomic E-state index is 13.4. The Kier molecular flexibility index (Phi) is 16.1. The number of anilines is 4. The van der Waals surface area contributed by atoms with Gasteiger partial charge >= 0.3 is 0 Å². The average Bonchev–Trinajstić information content (AvgIpc) is 4.04. The van der Waals surface area contributed by atoms with Crippen molar-refractivity contribution in [2.45, 2.75) is 45.2 Å². The molecule has 8 heteroatoms. The van der Waals surface area contributed by atoms with E-state index in [2.05, 4.69) is 137 Å². The summed E-state index contributed by atoms with van der Waals surface area (Å²) in [6.07, 6.45) is 2.72. The second-order valence-electron chi connectivity index (χ2n) is 20.1. The summed E-state index contributed by atoms with van der Waals surface area (Å²) in [5, 5.41) is 22.1. The van der Waals surface area contributed by atoms with Crippen molar-refractivity contribution < 1.29 is 8.78 Å². The molecule has 2 saturated carbocycles. The highest BCUT2D eigenvalue weighted by Gasteiger charge is 2.70. The van der Waals surface area contributed by atoms with Crippen molar-refractivity contribution in [1.82, 2.24) is 9.80 Å². The number of rotatable bonds is 12. The van der Waals surface area contributed by atoms with Gasteiger partial charge in [-0.05, 0) is 138 Å². The van der Waals surface area contributed by atoms with E-state index < -0.39 is 0 Å². The summed E-state index contributed by atoms with van der Waals surface area (Å²) in [6, 6.07) is 67.1. The van der Waals surface area contributed by atoms with E-state index in [-0.39, 0.29) is 17.0 Å². The molecule has 2 aliphatic heterocycles. The van der Waals surface area contributed by atoms with Crippen LogP contribution in [0.25, 0.3) is 0 Å². The van der Waals surface area contributed by atoms with Crippen molar-refractivity contribution >= 4 is 35.2 Å². The zero-order chi connectivity index (χ0) is 50.7. The van der Waals surface area contributed by atoms with E-state index in [1.807, 2.05) is 61.5 Å². The summed E-state index contributed by atoms with van der Waals surface area (Å²) >= 11 is 0. The zero-order valence-electron chi connectivity index (χ0n) is 42.1. The first-order valence-corrected chi connectivity index (χ1v) is 25.5. The Hall–Kier alpha value is -7.52. The first-order valence-electron chi connectivity index (χ1n) is 25.5.